The summed E-state index contributed by atoms with van der Waals surface area (Å²) in [7, 11) is 3.35. The summed E-state index contributed by atoms with van der Waals surface area (Å²) in [6.45, 7) is 2.88. The molecule has 1 aromatic rings. The van der Waals surface area contributed by atoms with Gasteiger partial charge in [0.15, 0.2) is 0 Å². The van der Waals surface area contributed by atoms with E-state index in [1.807, 2.05) is 24.3 Å². The van der Waals surface area contributed by atoms with E-state index in [4.69, 9.17) is 14.6 Å². The summed E-state index contributed by atoms with van der Waals surface area (Å²) < 4.78 is 10.2. The number of ether oxygens (including phenoxy) is 2. The summed E-state index contributed by atoms with van der Waals surface area (Å²) >= 11 is 0. The van der Waals surface area contributed by atoms with Crippen molar-refractivity contribution >= 4 is 17.7 Å². The highest BCUT2D eigenvalue weighted by Crippen LogP contribution is 2.22. The monoisotopic (exact) mass is 293 g/mol. The molecule has 0 saturated heterocycles. The molecule has 0 bridgehead atoms. The molecule has 0 fully saturated rings. The van der Waals surface area contributed by atoms with Crippen LogP contribution in [-0.4, -0.2) is 51.6 Å². The molecule has 0 aliphatic heterocycles. The van der Waals surface area contributed by atoms with Crippen LogP contribution in [0.1, 0.15) is 12.0 Å². The maximum atomic E-state index is 10.7. The van der Waals surface area contributed by atoms with Gasteiger partial charge >= 0.3 is 5.97 Å². The molecule has 0 aliphatic carbocycles. The second-order valence-electron chi connectivity index (χ2n) is 4.56. The minimum Gasteiger partial charge on any atom is -0.478 e. The summed E-state index contributed by atoms with van der Waals surface area (Å²) in [5.41, 5.74) is 1.89. The number of nitrogens with zero attached hydrogens (tertiary/aromatic N) is 1. The fourth-order valence-corrected chi connectivity index (χ4v) is 2.03. The van der Waals surface area contributed by atoms with Crippen LogP contribution in [0.3, 0.4) is 0 Å². The van der Waals surface area contributed by atoms with Gasteiger partial charge in [0.05, 0.1) is 6.61 Å². The average Bonchev–Trinajstić information content (AvgIpc) is 2.49. The van der Waals surface area contributed by atoms with Crippen molar-refractivity contribution in [2.24, 2.45) is 0 Å². The first-order valence-electron chi connectivity index (χ1n) is 6.92. The van der Waals surface area contributed by atoms with Crippen molar-refractivity contribution in [1.29, 1.82) is 0 Å². The molecule has 0 amide bonds. The zero-order valence-corrected chi connectivity index (χ0v) is 12.6. The average molecular weight is 293 g/mol. The van der Waals surface area contributed by atoms with Gasteiger partial charge in [-0.1, -0.05) is 18.2 Å². The third kappa shape index (κ3) is 6.42. The lowest BCUT2D eigenvalue weighted by molar-refractivity contribution is -0.131. The Bertz CT molecular complexity index is 459. The second-order valence-corrected chi connectivity index (χ2v) is 4.56. The lowest BCUT2D eigenvalue weighted by atomic mass is 10.1. The predicted octanol–water partition coefficient (Wildman–Crippen LogP) is 2.27. The summed E-state index contributed by atoms with van der Waals surface area (Å²) in [4.78, 5) is 12.9. The molecule has 1 aromatic carbocycles. The summed E-state index contributed by atoms with van der Waals surface area (Å²) in [5.74, 6) is -0.951. The molecule has 21 heavy (non-hydrogen) atoms. The van der Waals surface area contributed by atoms with Crippen LogP contribution in [-0.2, 0) is 14.3 Å². The maximum Gasteiger partial charge on any atom is 0.328 e. The van der Waals surface area contributed by atoms with E-state index in [-0.39, 0.29) is 0 Å². The molecule has 0 saturated carbocycles. The first-order valence-corrected chi connectivity index (χ1v) is 6.92. The minimum atomic E-state index is -0.951. The van der Waals surface area contributed by atoms with E-state index in [9.17, 15) is 4.79 Å². The van der Waals surface area contributed by atoms with Gasteiger partial charge in [-0.15, -0.1) is 0 Å². The van der Waals surface area contributed by atoms with E-state index in [1.165, 1.54) is 0 Å². The van der Waals surface area contributed by atoms with Crippen molar-refractivity contribution in [1.82, 2.24) is 0 Å². The van der Waals surface area contributed by atoms with Gasteiger partial charge in [-0.2, -0.15) is 0 Å². The van der Waals surface area contributed by atoms with E-state index in [0.717, 1.165) is 36.8 Å². The minimum absolute atomic E-state index is 0.615. The fourth-order valence-electron chi connectivity index (χ4n) is 2.03. The van der Waals surface area contributed by atoms with Gasteiger partial charge in [0.25, 0.3) is 0 Å². The number of methoxy groups -OCH3 is 2. The molecule has 0 aliphatic rings. The Morgan fingerprint density at radius 2 is 1.90 bits per heavy atom. The quantitative estimate of drug-likeness (QED) is 0.530. The Hall–Kier alpha value is -1.85. The molecule has 0 radical (unpaired) electrons. The van der Waals surface area contributed by atoms with Crippen molar-refractivity contribution < 1.29 is 19.4 Å². The molecule has 116 valence electrons. The number of rotatable bonds is 10. The molecule has 0 spiro atoms. The van der Waals surface area contributed by atoms with Gasteiger partial charge in [0, 0.05) is 45.7 Å². The van der Waals surface area contributed by atoms with Gasteiger partial charge in [-0.25, -0.2) is 4.79 Å². The Morgan fingerprint density at radius 1 is 1.19 bits per heavy atom. The number of anilines is 1. The summed E-state index contributed by atoms with van der Waals surface area (Å²) in [5, 5.41) is 8.78. The molecule has 0 atom stereocenters. The highest BCUT2D eigenvalue weighted by atomic mass is 16.5. The van der Waals surface area contributed by atoms with Crippen LogP contribution in [0.4, 0.5) is 5.69 Å². The molecule has 0 aromatic heterocycles. The van der Waals surface area contributed by atoms with Crippen molar-refractivity contribution in [2.45, 2.75) is 6.42 Å². The highest BCUT2D eigenvalue weighted by molar-refractivity contribution is 5.87. The predicted molar refractivity (Wildman–Crippen MR) is 83.7 cm³/mol. The largest absolute Gasteiger partial charge is 0.478 e. The number of carboxylic acids is 1. The normalized spacial score (nSPS) is 11.0. The number of para-hydroxylation sites is 1. The van der Waals surface area contributed by atoms with E-state index < -0.39 is 5.97 Å². The first-order chi connectivity index (χ1) is 10.2. The molecule has 5 nitrogen and oxygen atoms in total. The zero-order chi connectivity index (χ0) is 15.5. The van der Waals surface area contributed by atoms with Crippen molar-refractivity contribution in [3.8, 4) is 0 Å². The fraction of sp³-hybridized carbons (Fsp3) is 0.438. The van der Waals surface area contributed by atoms with Gasteiger partial charge in [-0.3, -0.25) is 0 Å². The number of hydrogen-bond donors (Lipinski definition) is 1. The van der Waals surface area contributed by atoms with Crippen LogP contribution < -0.4 is 4.90 Å². The number of aliphatic carboxylic acids is 1. The summed E-state index contributed by atoms with van der Waals surface area (Å²) in [6, 6.07) is 7.74. The smallest absolute Gasteiger partial charge is 0.328 e. The Labute approximate surface area is 125 Å². The Morgan fingerprint density at radius 3 is 2.57 bits per heavy atom. The Kier molecular flexibility index (Phi) is 8.16. The lowest BCUT2D eigenvalue weighted by Crippen LogP contribution is -2.29. The van der Waals surface area contributed by atoms with Crippen LogP contribution >= 0.6 is 0 Å². The third-order valence-electron chi connectivity index (χ3n) is 3.02. The van der Waals surface area contributed by atoms with Crippen molar-refractivity contribution in [2.75, 3.05) is 45.4 Å². The van der Waals surface area contributed by atoms with Crippen molar-refractivity contribution in [3.05, 3.63) is 35.9 Å². The topological polar surface area (TPSA) is 59.0 Å². The number of benzene rings is 1. The van der Waals surface area contributed by atoms with Gasteiger partial charge in [0.1, 0.15) is 0 Å². The SMILES string of the molecule is COCCCN(CCOC)c1ccccc1C=CC(=O)O. The van der Waals surface area contributed by atoms with Crippen LogP contribution in [0.15, 0.2) is 30.3 Å². The van der Waals surface area contributed by atoms with E-state index in [1.54, 1.807) is 20.3 Å². The van der Waals surface area contributed by atoms with Crippen LogP contribution in [0.2, 0.25) is 0 Å². The highest BCUT2D eigenvalue weighted by Gasteiger charge is 2.09. The molecular formula is C16H23NO4. The molecular weight excluding hydrogens is 270 g/mol. The zero-order valence-electron chi connectivity index (χ0n) is 12.6. The molecule has 5 heteroatoms. The first kappa shape index (κ1) is 17.2. The standard InChI is InChI=1S/C16H23NO4/c1-20-12-5-10-17(11-13-21-2)15-7-4-3-6-14(15)8-9-16(18)19/h3-4,6-9H,5,10-13H2,1-2H3,(H,18,19). The summed E-state index contributed by atoms with van der Waals surface area (Å²) in [6.07, 6.45) is 3.67. The number of carboxylic acid groups (broad SMARTS) is 1. The van der Waals surface area contributed by atoms with Gasteiger partial charge < -0.3 is 19.5 Å². The maximum absolute atomic E-state index is 10.7. The van der Waals surface area contributed by atoms with Gasteiger partial charge in [0.2, 0.25) is 0 Å². The lowest BCUT2D eigenvalue weighted by Gasteiger charge is -2.26. The molecule has 0 unspecified atom stereocenters. The number of hydrogen-bond acceptors (Lipinski definition) is 4. The van der Waals surface area contributed by atoms with E-state index in [2.05, 4.69) is 4.90 Å². The number of carbonyl (C=O) groups is 1. The van der Waals surface area contributed by atoms with E-state index in [0.29, 0.717) is 13.2 Å². The second kappa shape index (κ2) is 9.96. The van der Waals surface area contributed by atoms with Gasteiger partial charge in [-0.05, 0) is 24.1 Å². The molecule has 1 N–H and O–H groups in total. The van der Waals surface area contributed by atoms with Crippen LogP contribution in [0, 0.1) is 0 Å². The Balaban J connectivity index is 2.91. The van der Waals surface area contributed by atoms with Crippen LogP contribution in [0.25, 0.3) is 6.08 Å². The van der Waals surface area contributed by atoms with E-state index >= 15 is 0 Å². The third-order valence-corrected chi connectivity index (χ3v) is 3.02. The molecule has 0 heterocycles. The molecule has 1 rings (SSSR count). The van der Waals surface area contributed by atoms with Crippen LogP contribution in [0.5, 0.6) is 0 Å². The van der Waals surface area contributed by atoms with Crippen molar-refractivity contribution in [3.63, 3.8) is 0 Å².